The molecule has 174 valence electrons. The zero-order valence-corrected chi connectivity index (χ0v) is 19.4. The number of urea groups is 1. The Morgan fingerprint density at radius 2 is 1.91 bits per heavy atom. The van der Waals surface area contributed by atoms with Gasteiger partial charge in [-0.05, 0) is 30.8 Å². The maximum absolute atomic E-state index is 13.5. The summed E-state index contributed by atoms with van der Waals surface area (Å²) in [5, 5.41) is 6.38. The average molecular weight is 442 g/mol. The summed E-state index contributed by atoms with van der Waals surface area (Å²) >= 11 is 0. The Bertz CT molecular complexity index is 843. The van der Waals surface area contributed by atoms with Gasteiger partial charge in [0.25, 0.3) is 0 Å². The topological polar surface area (TPSA) is 76.2 Å². The zero-order chi connectivity index (χ0) is 22.8. The predicted octanol–water partition coefficient (Wildman–Crippen LogP) is 2.27. The lowest BCUT2D eigenvalue weighted by Gasteiger charge is -2.56. The molecular weight excluding hydrogens is 406 g/mol. The van der Waals surface area contributed by atoms with Crippen molar-refractivity contribution in [1.82, 2.24) is 25.1 Å². The van der Waals surface area contributed by atoms with Gasteiger partial charge in [-0.15, -0.1) is 0 Å². The van der Waals surface area contributed by atoms with E-state index in [0.29, 0.717) is 13.1 Å². The first kappa shape index (κ1) is 22.6. The fraction of sp³-hybridized carbons (Fsp3) is 0.625. The van der Waals surface area contributed by atoms with Crippen molar-refractivity contribution in [2.75, 3.05) is 26.7 Å². The predicted molar refractivity (Wildman–Crippen MR) is 122 cm³/mol. The highest BCUT2D eigenvalue weighted by atomic mass is 16.2. The second kappa shape index (κ2) is 9.48. The molecule has 0 bridgehead atoms. The van der Waals surface area contributed by atoms with Crippen molar-refractivity contribution in [3.63, 3.8) is 0 Å². The van der Waals surface area contributed by atoms with Crippen LogP contribution in [-0.4, -0.2) is 82.6 Å². The minimum Gasteiger partial charge on any atom is -0.334 e. The molecule has 2 saturated heterocycles. The molecule has 2 atom stereocenters. The van der Waals surface area contributed by atoms with Crippen LogP contribution in [0.1, 0.15) is 46.0 Å². The highest BCUT2D eigenvalue weighted by Crippen LogP contribution is 2.33. The summed E-state index contributed by atoms with van der Waals surface area (Å²) in [7, 11) is 1.77. The van der Waals surface area contributed by atoms with Gasteiger partial charge in [0.15, 0.2) is 0 Å². The van der Waals surface area contributed by atoms with Gasteiger partial charge in [0.1, 0.15) is 12.2 Å². The molecule has 1 saturated carbocycles. The number of piperazine rings is 1. The molecule has 1 unspecified atom stereocenters. The van der Waals surface area contributed by atoms with Crippen molar-refractivity contribution in [3.05, 3.63) is 36.0 Å². The molecule has 2 aliphatic heterocycles. The third-order valence-electron chi connectivity index (χ3n) is 6.96. The van der Waals surface area contributed by atoms with Crippen LogP contribution < -0.4 is 5.32 Å². The molecule has 3 fully saturated rings. The van der Waals surface area contributed by atoms with Crippen LogP contribution in [0.2, 0.25) is 0 Å². The molecule has 0 aromatic carbocycles. The smallest absolute Gasteiger partial charge is 0.334 e. The Balaban J connectivity index is 1.57. The van der Waals surface area contributed by atoms with Crippen LogP contribution in [-0.2, 0) is 9.59 Å². The number of fused-ring (bicyclic) bond motifs is 1. The Morgan fingerprint density at radius 1 is 1.16 bits per heavy atom. The van der Waals surface area contributed by atoms with Gasteiger partial charge in [0.05, 0.1) is 13.1 Å². The third kappa shape index (κ3) is 4.33. The van der Waals surface area contributed by atoms with Gasteiger partial charge in [-0.1, -0.05) is 57.1 Å². The van der Waals surface area contributed by atoms with Crippen LogP contribution in [0.25, 0.3) is 0 Å². The van der Waals surface area contributed by atoms with Gasteiger partial charge < -0.3 is 15.1 Å². The van der Waals surface area contributed by atoms with E-state index in [2.05, 4.69) is 11.4 Å². The molecule has 0 radical (unpaired) electrons. The molecule has 32 heavy (non-hydrogen) atoms. The van der Waals surface area contributed by atoms with Gasteiger partial charge in [0.2, 0.25) is 11.8 Å². The molecule has 0 spiro atoms. The van der Waals surface area contributed by atoms with Crippen molar-refractivity contribution < 1.29 is 14.4 Å². The van der Waals surface area contributed by atoms with Crippen molar-refractivity contribution in [1.29, 1.82) is 0 Å². The summed E-state index contributed by atoms with van der Waals surface area (Å²) in [6.45, 7) is 4.85. The van der Waals surface area contributed by atoms with E-state index in [0.717, 1.165) is 37.7 Å². The van der Waals surface area contributed by atoms with E-state index in [9.17, 15) is 14.4 Å². The number of hydrogen-bond acceptors (Lipinski definition) is 4. The first-order valence-electron chi connectivity index (χ1n) is 11.8. The Labute approximate surface area is 190 Å². The van der Waals surface area contributed by atoms with Crippen LogP contribution in [0.3, 0.4) is 0 Å². The summed E-state index contributed by atoms with van der Waals surface area (Å²) in [5.41, 5.74) is 1.11. The molecule has 1 N–H and O–H groups in total. The minimum atomic E-state index is -0.536. The van der Waals surface area contributed by atoms with Crippen LogP contribution in [0, 0.1) is 5.92 Å². The third-order valence-corrected chi connectivity index (χ3v) is 6.96. The maximum atomic E-state index is 13.5. The van der Waals surface area contributed by atoms with Crippen molar-refractivity contribution in [2.24, 2.45) is 5.92 Å². The number of rotatable bonds is 4. The van der Waals surface area contributed by atoms with Crippen molar-refractivity contribution >= 4 is 17.8 Å². The number of hydrazine groups is 1. The second-order valence-corrected chi connectivity index (χ2v) is 9.56. The standard InChI is InChI=1S/C24H35N5O3/c1-17(2)22-23(31)27(19-12-8-9-13-19)15-20-28(22)21(30)16-26(3)29(20)24(32)25-14-18-10-6-4-5-7-11-18/h4-7,10,17,19-20,22H,8-9,11-16H2,1-3H3,(H,25,32)/t20?,22-/m0/s1. The summed E-state index contributed by atoms with van der Waals surface area (Å²) in [5.74, 6) is -0.0915. The SMILES string of the molecule is CC(C)[C@H]1C(=O)N(C2CCCC2)CC2N1C(=O)CN(C)N2C(=O)NCC1=CC=CC=CC1. The Morgan fingerprint density at radius 3 is 2.62 bits per heavy atom. The molecule has 2 aliphatic carbocycles. The summed E-state index contributed by atoms with van der Waals surface area (Å²) in [6, 6.07) is -0.574. The van der Waals surface area contributed by atoms with Gasteiger partial charge in [-0.3, -0.25) is 9.59 Å². The number of amides is 4. The van der Waals surface area contributed by atoms with E-state index in [1.165, 1.54) is 0 Å². The zero-order valence-electron chi connectivity index (χ0n) is 19.4. The minimum absolute atomic E-state index is 0.0267. The van der Waals surface area contributed by atoms with E-state index in [1.54, 1.807) is 22.0 Å². The number of nitrogens with one attached hydrogen (secondary N) is 1. The molecular formula is C24H35N5O3. The summed E-state index contributed by atoms with van der Waals surface area (Å²) in [4.78, 5) is 43.5. The van der Waals surface area contributed by atoms with E-state index in [4.69, 9.17) is 0 Å². The monoisotopic (exact) mass is 441 g/mol. The molecule has 0 aromatic heterocycles. The van der Waals surface area contributed by atoms with E-state index < -0.39 is 12.2 Å². The van der Waals surface area contributed by atoms with Crippen molar-refractivity contribution in [3.8, 4) is 0 Å². The van der Waals surface area contributed by atoms with Crippen molar-refractivity contribution in [2.45, 2.75) is 64.2 Å². The fourth-order valence-electron chi connectivity index (χ4n) is 5.39. The molecule has 2 heterocycles. The average Bonchev–Trinajstić information content (AvgIpc) is 3.15. The number of nitrogens with zero attached hydrogens (tertiary/aromatic N) is 4. The maximum Gasteiger partial charge on any atom is 0.334 e. The Hall–Kier alpha value is -2.61. The molecule has 8 nitrogen and oxygen atoms in total. The lowest BCUT2D eigenvalue weighted by atomic mass is 9.95. The van der Waals surface area contributed by atoms with Gasteiger partial charge in [-0.25, -0.2) is 14.8 Å². The summed E-state index contributed by atoms with van der Waals surface area (Å²) < 4.78 is 0. The molecule has 4 rings (SSSR count). The van der Waals surface area contributed by atoms with Crippen LogP contribution >= 0.6 is 0 Å². The highest BCUT2D eigenvalue weighted by Gasteiger charge is 2.52. The largest absolute Gasteiger partial charge is 0.334 e. The van der Waals surface area contributed by atoms with Gasteiger partial charge in [-0.2, -0.15) is 0 Å². The Kier molecular flexibility index (Phi) is 6.69. The highest BCUT2D eigenvalue weighted by molar-refractivity contribution is 5.91. The first-order chi connectivity index (χ1) is 15.4. The normalized spacial score (nSPS) is 27.1. The molecule has 0 aromatic rings. The van der Waals surface area contributed by atoms with E-state index >= 15 is 0 Å². The fourth-order valence-corrected chi connectivity index (χ4v) is 5.39. The lowest BCUT2D eigenvalue weighted by molar-refractivity contribution is -0.192. The first-order valence-corrected chi connectivity index (χ1v) is 11.8. The molecule has 4 aliphatic rings. The van der Waals surface area contributed by atoms with Gasteiger partial charge in [0, 0.05) is 19.6 Å². The number of hydrogen-bond donors (Lipinski definition) is 1. The number of carbonyl (C=O) groups excluding carboxylic acids is 3. The van der Waals surface area contributed by atoms with E-state index in [-0.39, 0.29) is 36.3 Å². The number of allylic oxidation sites excluding steroid dienone is 5. The number of carbonyl (C=O) groups is 3. The van der Waals surface area contributed by atoms with Gasteiger partial charge >= 0.3 is 6.03 Å². The van der Waals surface area contributed by atoms with Crippen LogP contribution in [0.5, 0.6) is 0 Å². The lowest BCUT2D eigenvalue weighted by Crippen LogP contribution is -2.77. The molecule has 4 amide bonds. The second-order valence-electron chi connectivity index (χ2n) is 9.56. The number of likely N-dealkylation sites (N-methyl/N-ethyl adjacent to an activating group) is 1. The quantitative estimate of drug-likeness (QED) is 0.726. The van der Waals surface area contributed by atoms with Crippen LogP contribution in [0.15, 0.2) is 36.0 Å². The molecule has 8 heteroatoms. The van der Waals surface area contributed by atoms with E-state index in [1.807, 2.05) is 43.1 Å². The summed E-state index contributed by atoms with van der Waals surface area (Å²) in [6.07, 6.45) is 14.6. The van der Waals surface area contributed by atoms with Crippen LogP contribution in [0.4, 0.5) is 4.79 Å².